The summed E-state index contributed by atoms with van der Waals surface area (Å²) < 4.78 is 5.24. The summed E-state index contributed by atoms with van der Waals surface area (Å²) in [4.78, 5) is 11.3. The number of cyclic esters (lactones) is 1. The highest BCUT2D eigenvalue weighted by Gasteiger charge is 2.61. The minimum atomic E-state index is -0.498. The number of rotatable bonds is 0. The first-order valence-electron chi connectivity index (χ1n) is 4.75. The summed E-state index contributed by atoms with van der Waals surface area (Å²) in [5.41, 5.74) is -0.528. The highest BCUT2D eigenvalue weighted by atomic mass is 16.6. The van der Waals surface area contributed by atoms with Crippen molar-refractivity contribution in [3.8, 4) is 0 Å². The van der Waals surface area contributed by atoms with Gasteiger partial charge in [0.1, 0.15) is 5.60 Å². The molecule has 2 fully saturated rings. The second-order valence-electron chi connectivity index (χ2n) is 5.16. The molecule has 74 valence electrons. The van der Waals surface area contributed by atoms with Crippen molar-refractivity contribution in [1.29, 1.82) is 0 Å². The number of fused-ring (bicyclic) bond motifs is 1. The second-order valence-corrected chi connectivity index (χ2v) is 5.16. The summed E-state index contributed by atoms with van der Waals surface area (Å²) in [5.74, 6) is -0.0200. The molecule has 1 aliphatic heterocycles. The third-order valence-electron chi connectivity index (χ3n) is 3.49. The molecule has 0 aromatic heterocycles. The average Bonchev–Trinajstić information content (AvgIpc) is 1.77. The third-order valence-corrected chi connectivity index (χ3v) is 3.49. The van der Waals surface area contributed by atoms with Crippen LogP contribution in [0.4, 0.5) is 0 Å². The van der Waals surface area contributed by atoms with Gasteiger partial charge in [0, 0.05) is 5.92 Å². The van der Waals surface area contributed by atoms with E-state index in [2.05, 4.69) is 6.92 Å². The molecule has 2 rings (SSSR count). The van der Waals surface area contributed by atoms with Gasteiger partial charge in [-0.05, 0) is 25.7 Å². The van der Waals surface area contributed by atoms with E-state index < -0.39 is 5.60 Å². The van der Waals surface area contributed by atoms with Crippen molar-refractivity contribution in [2.75, 3.05) is 0 Å². The molecule has 3 heteroatoms. The predicted octanol–water partition coefficient (Wildman–Crippen LogP) is 1.10. The number of carbonyl (C=O) groups is 1. The van der Waals surface area contributed by atoms with Crippen molar-refractivity contribution >= 4 is 5.97 Å². The van der Waals surface area contributed by atoms with E-state index in [4.69, 9.17) is 4.74 Å². The Morgan fingerprint density at radius 2 is 2.08 bits per heavy atom. The van der Waals surface area contributed by atoms with Gasteiger partial charge in [0.25, 0.3) is 0 Å². The summed E-state index contributed by atoms with van der Waals surface area (Å²) >= 11 is 0. The van der Waals surface area contributed by atoms with Crippen LogP contribution in [0.15, 0.2) is 0 Å². The minimum absolute atomic E-state index is 0.0295. The second kappa shape index (κ2) is 2.27. The van der Waals surface area contributed by atoms with Crippen LogP contribution in [0.2, 0.25) is 0 Å². The Balaban J connectivity index is 2.29. The molecule has 0 spiro atoms. The Kier molecular flexibility index (Phi) is 1.57. The van der Waals surface area contributed by atoms with Crippen molar-refractivity contribution in [2.45, 2.75) is 45.3 Å². The van der Waals surface area contributed by atoms with Crippen molar-refractivity contribution in [3.63, 3.8) is 0 Å². The maximum atomic E-state index is 11.3. The highest BCUT2D eigenvalue weighted by Crippen LogP contribution is 2.57. The fraction of sp³-hybridized carbons (Fsp3) is 0.900. The lowest BCUT2D eigenvalue weighted by Gasteiger charge is -2.59. The SMILES string of the molecule is CC1(C)OC(=O)C[C@@]2(C)C[C@@H](O)[C@@H]12. The van der Waals surface area contributed by atoms with E-state index in [9.17, 15) is 9.90 Å². The number of hydrogen-bond donors (Lipinski definition) is 1. The maximum Gasteiger partial charge on any atom is 0.306 e. The lowest BCUT2D eigenvalue weighted by molar-refractivity contribution is -0.238. The molecule has 1 saturated heterocycles. The fourth-order valence-electron chi connectivity index (χ4n) is 3.23. The number of hydrogen-bond acceptors (Lipinski definition) is 3. The van der Waals surface area contributed by atoms with Gasteiger partial charge in [0.05, 0.1) is 12.5 Å². The molecular weight excluding hydrogens is 168 g/mol. The molecule has 1 saturated carbocycles. The zero-order chi connectivity index (χ0) is 9.85. The molecule has 1 aliphatic carbocycles. The van der Waals surface area contributed by atoms with E-state index in [1.165, 1.54) is 0 Å². The number of aliphatic hydroxyl groups is 1. The summed E-state index contributed by atoms with van der Waals surface area (Å²) in [6, 6.07) is 0. The summed E-state index contributed by atoms with van der Waals surface area (Å²) in [6.45, 7) is 5.83. The third kappa shape index (κ3) is 1.10. The molecule has 3 atom stereocenters. The van der Waals surface area contributed by atoms with Gasteiger partial charge in [-0.25, -0.2) is 0 Å². The lowest BCUT2D eigenvalue weighted by atomic mass is 9.51. The molecule has 0 aromatic carbocycles. The van der Waals surface area contributed by atoms with Crippen molar-refractivity contribution in [1.82, 2.24) is 0 Å². The van der Waals surface area contributed by atoms with Crippen molar-refractivity contribution in [2.24, 2.45) is 11.3 Å². The molecule has 13 heavy (non-hydrogen) atoms. The summed E-state index contributed by atoms with van der Waals surface area (Å²) in [5, 5.41) is 9.64. The molecule has 0 amide bonds. The van der Waals surface area contributed by atoms with E-state index in [-0.39, 0.29) is 23.4 Å². The van der Waals surface area contributed by atoms with E-state index in [0.29, 0.717) is 6.42 Å². The number of ether oxygens (including phenoxy) is 1. The van der Waals surface area contributed by atoms with Crippen LogP contribution in [0.1, 0.15) is 33.6 Å². The van der Waals surface area contributed by atoms with Gasteiger partial charge in [-0.3, -0.25) is 4.79 Å². The van der Waals surface area contributed by atoms with Crippen LogP contribution in [-0.4, -0.2) is 22.8 Å². The number of esters is 1. The summed E-state index contributed by atoms with van der Waals surface area (Å²) in [6.07, 6.45) is 0.891. The molecule has 0 radical (unpaired) electrons. The van der Waals surface area contributed by atoms with Gasteiger partial charge >= 0.3 is 5.97 Å². The zero-order valence-electron chi connectivity index (χ0n) is 8.33. The van der Waals surface area contributed by atoms with Crippen LogP contribution in [-0.2, 0) is 9.53 Å². The normalized spacial score (nSPS) is 47.5. The van der Waals surface area contributed by atoms with E-state index in [1.54, 1.807) is 0 Å². The molecule has 1 N–H and O–H groups in total. The number of carbonyl (C=O) groups excluding carboxylic acids is 1. The van der Waals surface area contributed by atoms with Crippen LogP contribution in [0.25, 0.3) is 0 Å². The van der Waals surface area contributed by atoms with Crippen molar-refractivity contribution in [3.05, 3.63) is 0 Å². The first-order valence-corrected chi connectivity index (χ1v) is 4.75. The van der Waals surface area contributed by atoms with Crippen LogP contribution in [0, 0.1) is 11.3 Å². The lowest BCUT2D eigenvalue weighted by Crippen LogP contribution is -2.64. The smallest absolute Gasteiger partial charge is 0.306 e. The average molecular weight is 184 g/mol. The van der Waals surface area contributed by atoms with Gasteiger partial charge in [-0.15, -0.1) is 0 Å². The minimum Gasteiger partial charge on any atom is -0.459 e. The van der Waals surface area contributed by atoms with E-state index in [0.717, 1.165) is 6.42 Å². The largest absolute Gasteiger partial charge is 0.459 e. The zero-order valence-corrected chi connectivity index (χ0v) is 8.33. The maximum absolute atomic E-state index is 11.3. The Labute approximate surface area is 78.1 Å². The van der Waals surface area contributed by atoms with Gasteiger partial charge in [-0.2, -0.15) is 0 Å². The topological polar surface area (TPSA) is 46.5 Å². The predicted molar refractivity (Wildman–Crippen MR) is 47.0 cm³/mol. The Morgan fingerprint density at radius 1 is 1.46 bits per heavy atom. The van der Waals surface area contributed by atoms with Crippen molar-refractivity contribution < 1.29 is 14.6 Å². The Hall–Kier alpha value is -0.570. The molecule has 0 aromatic rings. The quantitative estimate of drug-likeness (QED) is 0.573. The molecule has 0 unspecified atom stereocenters. The summed E-state index contributed by atoms with van der Waals surface area (Å²) in [7, 11) is 0. The highest BCUT2D eigenvalue weighted by molar-refractivity contribution is 5.72. The first-order chi connectivity index (χ1) is 5.85. The molecule has 1 heterocycles. The molecular formula is C10H16O3. The van der Waals surface area contributed by atoms with Gasteiger partial charge in [-0.1, -0.05) is 6.92 Å². The van der Waals surface area contributed by atoms with Crippen LogP contribution < -0.4 is 0 Å². The van der Waals surface area contributed by atoms with Crippen LogP contribution >= 0.6 is 0 Å². The monoisotopic (exact) mass is 184 g/mol. The van der Waals surface area contributed by atoms with Gasteiger partial charge in [0.2, 0.25) is 0 Å². The fourth-order valence-corrected chi connectivity index (χ4v) is 3.23. The first kappa shape index (κ1) is 9.00. The van der Waals surface area contributed by atoms with Crippen LogP contribution in [0.3, 0.4) is 0 Å². The van der Waals surface area contributed by atoms with E-state index in [1.807, 2.05) is 13.8 Å². The van der Waals surface area contributed by atoms with E-state index >= 15 is 0 Å². The van der Waals surface area contributed by atoms with Gasteiger partial charge < -0.3 is 9.84 Å². The van der Waals surface area contributed by atoms with Gasteiger partial charge in [0.15, 0.2) is 0 Å². The molecule has 3 nitrogen and oxygen atoms in total. The Bertz CT molecular complexity index is 243. The molecule has 2 aliphatic rings. The standard InChI is InChI=1S/C10H16O3/c1-9(2)8-6(11)4-10(8,3)5-7(12)13-9/h6,8,11H,4-5H2,1-3H3/t6-,8+,10-/m1/s1. The number of aliphatic hydroxyl groups excluding tert-OH is 1. The molecule has 0 bridgehead atoms. The Morgan fingerprint density at radius 3 is 2.54 bits per heavy atom. The van der Waals surface area contributed by atoms with Crippen LogP contribution in [0.5, 0.6) is 0 Å².